The molecule has 0 unspecified atom stereocenters. The molecule has 1 fully saturated rings. The number of carbonyl (C=O) groups excluding carboxylic acids is 1. The lowest BCUT2D eigenvalue weighted by atomic mass is 10.0. The smallest absolute Gasteiger partial charge is 0.227 e. The van der Waals surface area contributed by atoms with Crippen LogP contribution in [0.2, 0.25) is 0 Å². The highest BCUT2D eigenvalue weighted by Gasteiger charge is 2.21. The van der Waals surface area contributed by atoms with Crippen LogP contribution in [-0.2, 0) is 17.6 Å². The van der Waals surface area contributed by atoms with Crippen LogP contribution in [-0.4, -0.2) is 55.5 Å². The monoisotopic (exact) mass is 259 g/mol. The van der Waals surface area contributed by atoms with Gasteiger partial charge in [-0.15, -0.1) is 0 Å². The van der Waals surface area contributed by atoms with Crippen LogP contribution < -0.4 is 5.32 Å². The summed E-state index contributed by atoms with van der Waals surface area (Å²) in [7, 11) is 2.11. The van der Waals surface area contributed by atoms with Crippen LogP contribution in [0, 0.1) is 0 Å². The van der Waals surface area contributed by atoms with Crippen molar-refractivity contribution in [2.75, 3.05) is 45.1 Å². The Bertz CT molecular complexity index is 478. The highest BCUT2D eigenvalue weighted by Crippen LogP contribution is 2.26. The maximum absolute atomic E-state index is 12.4. The zero-order chi connectivity index (χ0) is 13.2. The summed E-state index contributed by atoms with van der Waals surface area (Å²) in [6.45, 7) is 4.70. The van der Waals surface area contributed by atoms with E-state index in [1.165, 1.54) is 16.8 Å². The minimum absolute atomic E-state index is 0.272. The number of anilines is 1. The van der Waals surface area contributed by atoms with Gasteiger partial charge in [0.15, 0.2) is 0 Å². The topological polar surface area (TPSA) is 35.6 Å². The molecule has 0 aliphatic carbocycles. The van der Waals surface area contributed by atoms with E-state index in [2.05, 4.69) is 29.4 Å². The average Bonchev–Trinajstić information content (AvgIpc) is 2.89. The zero-order valence-corrected chi connectivity index (χ0v) is 11.5. The normalized spacial score (nSPS) is 19.1. The molecule has 0 saturated carbocycles. The first-order valence-electron chi connectivity index (χ1n) is 7.05. The summed E-state index contributed by atoms with van der Waals surface area (Å²) in [6, 6.07) is 6.25. The predicted molar refractivity (Wildman–Crippen MR) is 76.4 cm³/mol. The quantitative estimate of drug-likeness (QED) is 0.859. The van der Waals surface area contributed by atoms with Gasteiger partial charge in [0.1, 0.15) is 0 Å². The molecule has 2 aliphatic rings. The highest BCUT2D eigenvalue weighted by molar-refractivity contribution is 5.80. The summed E-state index contributed by atoms with van der Waals surface area (Å²) in [5.41, 5.74) is 3.75. The fourth-order valence-electron chi connectivity index (χ4n) is 2.91. The summed E-state index contributed by atoms with van der Waals surface area (Å²) in [6.07, 6.45) is 1.59. The standard InChI is InChI=1S/C15H21N3O/c1-17-7-9-18(10-8-17)15(19)11-12-3-2-4-14-13(12)5-6-16-14/h2-4,16H,5-11H2,1H3. The maximum atomic E-state index is 12.4. The molecule has 0 spiro atoms. The Morgan fingerprint density at radius 2 is 2.05 bits per heavy atom. The summed E-state index contributed by atoms with van der Waals surface area (Å²) in [5.74, 6) is 0.272. The van der Waals surface area contributed by atoms with E-state index in [4.69, 9.17) is 0 Å². The summed E-state index contributed by atoms with van der Waals surface area (Å²) < 4.78 is 0. The number of hydrogen-bond donors (Lipinski definition) is 1. The van der Waals surface area contributed by atoms with Gasteiger partial charge in [-0.2, -0.15) is 0 Å². The minimum Gasteiger partial charge on any atom is -0.384 e. The van der Waals surface area contributed by atoms with E-state index in [1.807, 2.05) is 11.0 Å². The SMILES string of the molecule is CN1CCN(C(=O)Cc2cccc3c2CCN3)CC1. The number of rotatable bonds is 2. The third-order valence-electron chi connectivity index (χ3n) is 4.16. The van der Waals surface area contributed by atoms with Crippen LogP contribution in [0.4, 0.5) is 5.69 Å². The Morgan fingerprint density at radius 3 is 2.84 bits per heavy atom. The van der Waals surface area contributed by atoms with Crippen LogP contribution in [0.3, 0.4) is 0 Å². The molecular weight excluding hydrogens is 238 g/mol. The number of carbonyl (C=O) groups is 1. The van der Waals surface area contributed by atoms with Crippen molar-refractivity contribution in [3.63, 3.8) is 0 Å². The summed E-state index contributed by atoms with van der Waals surface area (Å²) >= 11 is 0. The molecule has 102 valence electrons. The van der Waals surface area contributed by atoms with Crippen molar-refractivity contribution < 1.29 is 4.79 Å². The van der Waals surface area contributed by atoms with Gasteiger partial charge in [0.05, 0.1) is 6.42 Å². The van der Waals surface area contributed by atoms with E-state index in [1.54, 1.807) is 0 Å². The Hall–Kier alpha value is -1.55. The number of benzene rings is 1. The van der Waals surface area contributed by atoms with Gasteiger partial charge >= 0.3 is 0 Å². The van der Waals surface area contributed by atoms with E-state index < -0.39 is 0 Å². The van der Waals surface area contributed by atoms with Crippen molar-refractivity contribution in [2.45, 2.75) is 12.8 Å². The molecule has 1 aromatic rings. The molecule has 2 heterocycles. The third-order valence-corrected chi connectivity index (χ3v) is 4.16. The van der Waals surface area contributed by atoms with E-state index in [9.17, 15) is 4.79 Å². The lowest BCUT2D eigenvalue weighted by molar-refractivity contribution is -0.132. The van der Waals surface area contributed by atoms with Crippen molar-refractivity contribution in [2.24, 2.45) is 0 Å². The second-order valence-corrected chi connectivity index (χ2v) is 5.48. The van der Waals surface area contributed by atoms with E-state index in [-0.39, 0.29) is 5.91 Å². The Kier molecular flexibility index (Phi) is 3.42. The molecule has 0 atom stereocenters. The third kappa shape index (κ3) is 2.59. The molecule has 0 aromatic heterocycles. The molecule has 1 saturated heterocycles. The molecule has 3 rings (SSSR count). The first kappa shape index (κ1) is 12.5. The van der Waals surface area contributed by atoms with Crippen LogP contribution in [0.15, 0.2) is 18.2 Å². The van der Waals surface area contributed by atoms with Gasteiger partial charge in [0, 0.05) is 38.4 Å². The van der Waals surface area contributed by atoms with Crippen LogP contribution in [0.5, 0.6) is 0 Å². The van der Waals surface area contributed by atoms with Crippen molar-refractivity contribution in [3.8, 4) is 0 Å². The Morgan fingerprint density at radius 1 is 1.26 bits per heavy atom. The van der Waals surface area contributed by atoms with Gasteiger partial charge in [0.25, 0.3) is 0 Å². The van der Waals surface area contributed by atoms with Gasteiger partial charge in [0.2, 0.25) is 5.91 Å². The number of fused-ring (bicyclic) bond motifs is 1. The van der Waals surface area contributed by atoms with E-state index >= 15 is 0 Å². The van der Waals surface area contributed by atoms with Gasteiger partial charge in [-0.3, -0.25) is 4.79 Å². The molecule has 0 bridgehead atoms. The van der Waals surface area contributed by atoms with Gasteiger partial charge < -0.3 is 15.1 Å². The zero-order valence-electron chi connectivity index (χ0n) is 11.5. The first-order valence-corrected chi connectivity index (χ1v) is 7.05. The fourth-order valence-corrected chi connectivity index (χ4v) is 2.91. The van der Waals surface area contributed by atoms with E-state index in [0.717, 1.165) is 39.1 Å². The maximum Gasteiger partial charge on any atom is 0.227 e. The molecular formula is C15H21N3O. The first-order chi connectivity index (χ1) is 9.24. The molecule has 2 aliphatic heterocycles. The molecule has 1 N–H and O–H groups in total. The number of hydrogen-bond acceptors (Lipinski definition) is 3. The van der Waals surface area contributed by atoms with Crippen molar-refractivity contribution in [1.29, 1.82) is 0 Å². The number of amides is 1. The van der Waals surface area contributed by atoms with Crippen LogP contribution in [0.25, 0.3) is 0 Å². The fraction of sp³-hybridized carbons (Fsp3) is 0.533. The highest BCUT2D eigenvalue weighted by atomic mass is 16.2. The van der Waals surface area contributed by atoms with Gasteiger partial charge in [-0.05, 0) is 30.7 Å². The number of piperazine rings is 1. The van der Waals surface area contributed by atoms with Crippen molar-refractivity contribution >= 4 is 11.6 Å². The van der Waals surface area contributed by atoms with Gasteiger partial charge in [-0.25, -0.2) is 0 Å². The molecule has 1 aromatic carbocycles. The largest absolute Gasteiger partial charge is 0.384 e. The molecule has 19 heavy (non-hydrogen) atoms. The molecule has 0 radical (unpaired) electrons. The average molecular weight is 259 g/mol. The second-order valence-electron chi connectivity index (χ2n) is 5.48. The minimum atomic E-state index is 0.272. The number of nitrogens with zero attached hydrogens (tertiary/aromatic N) is 2. The number of likely N-dealkylation sites (N-methyl/N-ethyl adjacent to an activating group) is 1. The van der Waals surface area contributed by atoms with Crippen LogP contribution >= 0.6 is 0 Å². The summed E-state index contributed by atoms with van der Waals surface area (Å²) in [5, 5.41) is 3.37. The Balaban J connectivity index is 1.68. The van der Waals surface area contributed by atoms with Crippen LogP contribution in [0.1, 0.15) is 11.1 Å². The second kappa shape index (κ2) is 5.21. The summed E-state index contributed by atoms with van der Waals surface area (Å²) in [4.78, 5) is 16.6. The molecule has 4 nitrogen and oxygen atoms in total. The lowest BCUT2D eigenvalue weighted by Crippen LogP contribution is -2.47. The van der Waals surface area contributed by atoms with Crippen molar-refractivity contribution in [1.82, 2.24) is 9.80 Å². The molecule has 1 amide bonds. The Labute approximate surface area is 114 Å². The van der Waals surface area contributed by atoms with Crippen molar-refractivity contribution in [3.05, 3.63) is 29.3 Å². The van der Waals surface area contributed by atoms with E-state index in [0.29, 0.717) is 6.42 Å². The molecule has 4 heteroatoms. The predicted octanol–water partition coefficient (Wildman–Crippen LogP) is 0.971. The lowest BCUT2D eigenvalue weighted by Gasteiger charge is -2.32. The number of nitrogens with one attached hydrogen (secondary N) is 1. The van der Waals surface area contributed by atoms with Gasteiger partial charge in [-0.1, -0.05) is 12.1 Å².